The van der Waals surface area contributed by atoms with E-state index in [1.54, 1.807) is 30.3 Å². The first kappa shape index (κ1) is 18.7. The largest absolute Gasteiger partial charge is 0.339 e. The number of aromatic nitrogens is 3. The summed E-state index contributed by atoms with van der Waals surface area (Å²) in [6.45, 7) is 5.31. The number of carbonyl (C=O) groups excluding carboxylic acids is 1. The average molecular weight is 399 g/mol. The van der Waals surface area contributed by atoms with Crippen molar-refractivity contribution in [3.05, 3.63) is 68.2 Å². The second-order valence-electron chi connectivity index (χ2n) is 7.32. The van der Waals surface area contributed by atoms with Gasteiger partial charge in [0.1, 0.15) is 0 Å². The Balaban J connectivity index is 1.54. The molecule has 0 atom stereocenters. The van der Waals surface area contributed by atoms with E-state index in [4.69, 9.17) is 16.6 Å². The molecule has 2 aromatic heterocycles. The topological polar surface area (TPSA) is 70.5 Å². The molecule has 1 N–H and O–H groups in total. The summed E-state index contributed by atoms with van der Waals surface area (Å²) in [6.07, 6.45) is 2.40. The standard InChI is InChI=1S/C21H23ClN4O2/c1-3-17-13(2)24-26-19(27)12-18(23-20(17)26)14-7-9-25(10-8-14)21(28)15-5-4-6-16(22)11-15/h4-6,11-12,14,24H,3,7-10H2,1-2H3. The minimum absolute atomic E-state index is 0.000964. The lowest BCUT2D eigenvalue weighted by Gasteiger charge is -2.31. The Labute approximate surface area is 168 Å². The number of nitrogens with zero attached hydrogens (tertiary/aromatic N) is 3. The van der Waals surface area contributed by atoms with Crippen molar-refractivity contribution < 1.29 is 4.79 Å². The van der Waals surface area contributed by atoms with Crippen molar-refractivity contribution in [1.82, 2.24) is 19.5 Å². The van der Waals surface area contributed by atoms with E-state index in [1.165, 1.54) is 4.52 Å². The summed E-state index contributed by atoms with van der Waals surface area (Å²) in [7, 11) is 0. The summed E-state index contributed by atoms with van der Waals surface area (Å²) < 4.78 is 1.52. The van der Waals surface area contributed by atoms with Crippen LogP contribution in [0.25, 0.3) is 5.65 Å². The molecule has 0 saturated carbocycles. The van der Waals surface area contributed by atoms with Crippen LogP contribution in [-0.2, 0) is 6.42 Å². The van der Waals surface area contributed by atoms with E-state index in [9.17, 15) is 9.59 Å². The highest BCUT2D eigenvalue weighted by Crippen LogP contribution is 2.28. The number of aromatic amines is 1. The van der Waals surface area contributed by atoms with Gasteiger partial charge in [-0.05, 0) is 44.4 Å². The van der Waals surface area contributed by atoms with Crippen LogP contribution in [0.15, 0.2) is 35.1 Å². The van der Waals surface area contributed by atoms with E-state index in [-0.39, 0.29) is 17.4 Å². The van der Waals surface area contributed by atoms with Gasteiger partial charge in [-0.3, -0.25) is 14.7 Å². The van der Waals surface area contributed by atoms with Gasteiger partial charge in [-0.15, -0.1) is 0 Å². The van der Waals surface area contributed by atoms with Crippen molar-refractivity contribution in [1.29, 1.82) is 0 Å². The molecule has 0 aliphatic carbocycles. The number of H-pyrrole nitrogens is 1. The molecule has 0 bridgehead atoms. The predicted octanol–water partition coefficient (Wildman–Crippen LogP) is 3.57. The van der Waals surface area contributed by atoms with E-state index in [0.717, 1.165) is 41.9 Å². The molecule has 3 heterocycles. The molecule has 1 aliphatic rings. The third-order valence-corrected chi connectivity index (χ3v) is 5.80. The lowest BCUT2D eigenvalue weighted by Crippen LogP contribution is -2.38. The SMILES string of the molecule is CCc1c(C)[nH]n2c(=O)cc(C3CCN(C(=O)c4cccc(Cl)c4)CC3)nc12. The normalized spacial score (nSPS) is 15.3. The summed E-state index contributed by atoms with van der Waals surface area (Å²) in [6, 6.07) is 8.67. The molecule has 0 spiro atoms. The molecule has 3 aromatic rings. The van der Waals surface area contributed by atoms with Crippen LogP contribution in [0.3, 0.4) is 0 Å². The van der Waals surface area contributed by atoms with E-state index in [0.29, 0.717) is 23.7 Å². The molecule has 1 amide bonds. The lowest BCUT2D eigenvalue weighted by molar-refractivity contribution is 0.0712. The zero-order chi connectivity index (χ0) is 19.8. The first-order chi connectivity index (χ1) is 13.5. The second kappa shape index (κ2) is 7.43. The van der Waals surface area contributed by atoms with Gasteiger partial charge >= 0.3 is 0 Å². The molecular weight excluding hydrogens is 376 g/mol. The maximum Gasteiger partial charge on any atom is 0.272 e. The minimum Gasteiger partial charge on any atom is -0.339 e. The Bertz CT molecular complexity index is 1090. The van der Waals surface area contributed by atoms with Crippen molar-refractivity contribution in [3.8, 4) is 0 Å². The molecule has 146 valence electrons. The van der Waals surface area contributed by atoms with Gasteiger partial charge in [0.2, 0.25) is 0 Å². The zero-order valence-electron chi connectivity index (χ0n) is 16.0. The summed E-state index contributed by atoms with van der Waals surface area (Å²) in [5.41, 5.74) is 4.13. The van der Waals surface area contributed by atoms with Gasteiger partial charge in [-0.2, -0.15) is 0 Å². The van der Waals surface area contributed by atoms with Crippen molar-refractivity contribution in [2.75, 3.05) is 13.1 Å². The molecule has 1 fully saturated rings. The number of fused-ring (bicyclic) bond motifs is 1. The third-order valence-electron chi connectivity index (χ3n) is 5.57. The Hall–Kier alpha value is -2.60. The fourth-order valence-electron chi connectivity index (χ4n) is 4.03. The molecule has 1 aromatic carbocycles. The highest BCUT2D eigenvalue weighted by Gasteiger charge is 2.26. The number of carbonyl (C=O) groups is 1. The highest BCUT2D eigenvalue weighted by atomic mass is 35.5. The maximum atomic E-state index is 12.7. The Morgan fingerprint density at radius 1 is 1.29 bits per heavy atom. The van der Waals surface area contributed by atoms with Gasteiger partial charge in [0.25, 0.3) is 11.5 Å². The van der Waals surface area contributed by atoms with Gasteiger partial charge < -0.3 is 4.90 Å². The van der Waals surface area contributed by atoms with Crippen LogP contribution in [0.1, 0.15) is 53.0 Å². The van der Waals surface area contributed by atoms with E-state index in [1.807, 2.05) is 11.8 Å². The van der Waals surface area contributed by atoms with Crippen LogP contribution in [0.4, 0.5) is 0 Å². The van der Waals surface area contributed by atoms with Crippen LogP contribution in [-0.4, -0.2) is 38.5 Å². The molecule has 6 nitrogen and oxygen atoms in total. The van der Waals surface area contributed by atoms with Crippen LogP contribution in [0, 0.1) is 6.92 Å². The molecule has 4 rings (SSSR count). The van der Waals surface area contributed by atoms with Gasteiger partial charge in [0.05, 0.1) is 5.69 Å². The number of nitrogens with one attached hydrogen (secondary N) is 1. The van der Waals surface area contributed by atoms with Gasteiger partial charge in [0, 0.05) is 46.9 Å². The first-order valence-electron chi connectivity index (χ1n) is 9.64. The van der Waals surface area contributed by atoms with Crippen molar-refractivity contribution >= 4 is 23.2 Å². The van der Waals surface area contributed by atoms with E-state index in [2.05, 4.69) is 12.0 Å². The summed E-state index contributed by atoms with van der Waals surface area (Å²) >= 11 is 6.01. The number of benzene rings is 1. The van der Waals surface area contributed by atoms with E-state index >= 15 is 0 Å². The van der Waals surface area contributed by atoms with Crippen molar-refractivity contribution in [2.45, 2.75) is 39.0 Å². The van der Waals surface area contributed by atoms with Gasteiger partial charge in [-0.25, -0.2) is 9.50 Å². The number of hydrogen-bond donors (Lipinski definition) is 1. The molecule has 7 heteroatoms. The maximum absolute atomic E-state index is 12.7. The van der Waals surface area contributed by atoms with Crippen molar-refractivity contribution in [2.24, 2.45) is 0 Å². The molecule has 1 saturated heterocycles. The first-order valence-corrected chi connectivity index (χ1v) is 10.0. The van der Waals surface area contributed by atoms with Crippen molar-refractivity contribution in [3.63, 3.8) is 0 Å². The molecule has 0 radical (unpaired) electrons. The fraction of sp³-hybridized carbons (Fsp3) is 0.381. The number of hydrogen-bond acceptors (Lipinski definition) is 3. The molecule has 28 heavy (non-hydrogen) atoms. The predicted molar refractivity (Wildman–Crippen MR) is 109 cm³/mol. The monoisotopic (exact) mass is 398 g/mol. The second-order valence-corrected chi connectivity index (χ2v) is 7.76. The van der Waals surface area contributed by atoms with Crippen LogP contribution in [0.5, 0.6) is 0 Å². The van der Waals surface area contributed by atoms with Gasteiger partial charge in [0.15, 0.2) is 5.65 Å². The summed E-state index contributed by atoms with van der Waals surface area (Å²) in [5, 5.41) is 3.66. The summed E-state index contributed by atoms with van der Waals surface area (Å²) in [4.78, 5) is 31.9. The van der Waals surface area contributed by atoms with Crippen LogP contribution < -0.4 is 5.56 Å². The number of rotatable bonds is 3. The quantitative estimate of drug-likeness (QED) is 0.733. The molecule has 0 unspecified atom stereocenters. The minimum atomic E-state index is -0.0831. The molecular formula is C21H23ClN4O2. The van der Waals surface area contributed by atoms with Gasteiger partial charge in [-0.1, -0.05) is 24.6 Å². The Morgan fingerprint density at radius 2 is 2.04 bits per heavy atom. The lowest BCUT2D eigenvalue weighted by atomic mass is 9.93. The highest BCUT2D eigenvalue weighted by molar-refractivity contribution is 6.30. The third kappa shape index (κ3) is 3.33. The smallest absolute Gasteiger partial charge is 0.272 e. The molecule has 1 aliphatic heterocycles. The average Bonchev–Trinajstić information content (AvgIpc) is 3.03. The fourth-order valence-corrected chi connectivity index (χ4v) is 4.22. The number of halogens is 1. The Kier molecular flexibility index (Phi) is 4.98. The zero-order valence-corrected chi connectivity index (χ0v) is 16.8. The number of amides is 1. The van der Waals surface area contributed by atoms with E-state index < -0.39 is 0 Å². The summed E-state index contributed by atoms with van der Waals surface area (Å²) in [5.74, 6) is 0.181. The van der Waals surface area contributed by atoms with Crippen LogP contribution in [0.2, 0.25) is 5.02 Å². The number of piperidine rings is 1. The Morgan fingerprint density at radius 3 is 2.71 bits per heavy atom. The number of likely N-dealkylation sites (tertiary alicyclic amines) is 1. The number of aryl methyl sites for hydroxylation is 2. The van der Waals surface area contributed by atoms with Crippen LogP contribution >= 0.6 is 11.6 Å².